The molecule has 7 aromatic carbocycles. The molecular weight excluding hydrogens is 1080 g/mol. The maximum absolute atomic E-state index is 6.54. The largest absolute Gasteiger partial charge is 3.00 e. The molecule has 11 rings (SSSR count). The van der Waals surface area contributed by atoms with Crippen molar-refractivity contribution in [3.05, 3.63) is 219 Å². The second-order valence-electron chi connectivity index (χ2n) is 21.3. The normalized spacial score (nSPS) is 11.9. The van der Waals surface area contributed by atoms with E-state index in [1.54, 1.807) is 6.33 Å². The summed E-state index contributed by atoms with van der Waals surface area (Å²) in [5.74, 6) is 3.67. The van der Waals surface area contributed by atoms with Crippen molar-refractivity contribution < 1.29 is 29.1 Å². The van der Waals surface area contributed by atoms with Crippen molar-refractivity contribution in [2.24, 2.45) is 0 Å². The van der Waals surface area contributed by atoms with Crippen molar-refractivity contribution in [2.45, 2.75) is 78.6 Å². The van der Waals surface area contributed by atoms with Crippen molar-refractivity contribution in [3.63, 3.8) is 0 Å². The molecule has 0 unspecified atom stereocenters. The van der Waals surface area contributed by atoms with Gasteiger partial charge in [0.2, 0.25) is 5.95 Å². The molecule has 0 bridgehead atoms. The van der Waals surface area contributed by atoms with Crippen molar-refractivity contribution in [1.29, 1.82) is 0 Å². The quantitative estimate of drug-likeness (QED) is 0.117. The summed E-state index contributed by atoms with van der Waals surface area (Å²) < 4.78 is 12.9. The van der Waals surface area contributed by atoms with E-state index in [4.69, 9.17) is 24.4 Å². The molecule has 0 aliphatic heterocycles. The van der Waals surface area contributed by atoms with E-state index < -0.39 is 0 Å². The van der Waals surface area contributed by atoms with Crippen LogP contribution in [0.25, 0.3) is 66.9 Å². The van der Waals surface area contributed by atoms with Gasteiger partial charge in [-0.3, -0.25) is 9.47 Å². The van der Waals surface area contributed by atoms with Gasteiger partial charge in [0.25, 0.3) is 0 Å². The molecule has 4 aromatic heterocycles. The molecule has 0 spiro atoms. The van der Waals surface area contributed by atoms with Crippen LogP contribution >= 0.6 is 0 Å². The monoisotopic (exact) mass is 1140 g/mol. The number of hydrogen-bond donors (Lipinski definition) is 0. The fourth-order valence-electron chi connectivity index (χ4n) is 9.00. The Morgan fingerprint density at radius 1 is 0.644 bits per heavy atom. The smallest absolute Gasteiger partial charge is 0.469 e. The first-order valence-electron chi connectivity index (χ1n) is 24.4. The number of nitrogens with zero attached hydrogens (tertiary/aromatic N) is 8. The maximum Gasteiger partial charge on any atom is 3.00 e. The molecule has 0 saturated carbocycles. The maximum atomic E-state index is 6.54. The van der Waals surface area contributed by atoms with Gasteiger partial charge >= 0.3 is 20.1 Å². The van der Waals surface area contributed by atoms with Crippen molar-refractivity contribution >= 4 is 50.4 Å². The number of rotatable bonds is 7. The fourth-order valence-corrected chi connectivity index (χ4v) is 9.00. The summed E-state index contributed by atoms with van der Waals surface area (Å²) in [7, 11) is 4.56. The number of anilines is 3. The molecule has 0 fully saturated rings. The molecule has 9 nitrogen and oxygen atoms in total. The molecular formula is C63H60IrN8O+. The molecule has 73 heavy (non-hydrogen) atoms. The Morgan fingerprint density at radius 2 is 1.29 bits per heavy atom. The summed E-state index contributed by atoms with van der Waals surface area (Å²) in [6, 6.07) is 59.5. The molecule has 0 aliphatic carbocycles. The molecule has 11 aromatic rings. The second-order valence-corrected chi connectivity index (χ2v) is 21.3. The minimum atomic E-state index is -0.229. The van der Waals surface area contributed by atoms with Crippen molar-refractivity contribution in [2.75, 3.05) is 4.90 Å². The van der Waals surface area contributed by atoms with Crippen LogP contribution in [0.15, 0.2) is 181 Å². The molecule has 4 heterocycles. The molecule has 0 N–H and O–H groups in total. The van der Waals surface area contributed by atoms with E-state index in [2.05, 4.69) is 184 Å². The Kier molecular flexibility index (Phi) is 13.5. The third kappa shape index (κ3) is 9.81. The van der Waals surface area contributed by atoms with E-state index in [-0.39, 0.29) is 36.4 Å². The van der Waals surface area contributed by atoms with Crippen LogP contribution in [-0.4, -0.2) is 29.1 Å². The van der Waals surface area contributed by atoms with Crippen LogP contribution in [0.4, 0.5) is 17.5 Å². The predicted octanol–water partition coefficient (Wildman–Crippen LogP) is 15.2. The van der Waals surface area contributed by atoms with Gasteiger partial charge < -0.3 is 13.6 Å². The zero-order chi connectivity index (χ0) is 50.5. The third-order valence-electron chi connectivity index (χ3n) is 12.9. The fraction of sp³-hybridized carbons (Fsp3) is 0.190. The molecule has 0 atom stereocenters. The van der Waals surface area contributed by atoms with Crippen LogP contribution in [0.1, 0.15) is 85.1 Å². The number of hydrogen-bond acceptors (Lipinski definition) is 6. The van der Waals surface area contributed by atoms with Crippen LogP contribution in [0.3, 0.4) is 0 Å². The second kappa shape index (κ2) is 19.7. The van der Waals surface area contributed by atoms with Gasteiger partial charge in [0.05, 0.1) is 17.3 Å². The average Bonchev–Trinajstić information content (AvgIpc) is 4.09. The summed E-state index contributed by atoms with van der Waals surface area (Å²) in [6.45, 7) is 23.9. The summed E-state index contributed by atoms with van der Waals surface area (Å²) in [5.41, 5.74) is 11.7. The number of imidazole rings is 2. The van der Waals surface area contributed by atoms with E-state index in [0.717, 1.165) is 84.2 Å². The molecule has 0 amide bonds. The minimum Gasteiger partial charge on any atom is -0.469 e. The number of fused-ring (bicyclic) bond motifs is 4. The van der Waals surface area contributed by atoms with E-state index in [0.29, 0.717) is 11.8 Å². The molecule has 0 aliphatic rings. The van der Waals surface area contributed by atoms with Crippen LogP contribution in [0.5, 0.6) is 0 Å². The SMILES string of the molecule is CC(C)(C)c1nc(N(c2[c-]cccc2)c2cn(-c3ccccc3)cn2)nc(C(C)(C)C)n1.[CH2-]c1ccc2c(oc3ccccc32)c1-c1n(-c2ccc(C(C)(C)C)cc2-c2ccccc2)c2ccccc2[n+]1[CH2-].[Ir+3]. The van der Waals surface area contributed by atoms with Crippen LogP contribution in [-0.2, 0) is 36.4 Å². The summed E-state index contributed by atoms with van der Waals surface area (Å²) in [4.78, 5) is 21.2. The summed E-state index contributed by atoms with van der Waals surface area (Å²) in [6.07, 6.45) is 3.78. The van der Waals surface area contributed by atoms with Gasteiger partial charge in [-0.1, -0.05) is 165 Å². The van der Waals surface area contributed by atoms with E-state index in [1.807, 2.05) is 87.0 Å². The van der Waals surface area contributed by atoms with E-state index in [9.17, 15) is 0 Å². The number of aromatic nitrogens is 7. The summed E-state index contributed by atoms with van der Waals surface area (Å²) in [5, 5.41) is 2.16. The average molecular weight is 1140 g/mol. The summed E-state index contributed by atoms with van der Waals surface area (Å²) >= 11 is 0. The zero-order valence-electron chi connectivity index (χ0n) is 43.0. The Bertz CT molecular complexity index is 3690. The van der Waals surface area contributed by atoms with Crippen molar-refractivity contribution in [1.82, 2.24) is 29.1 Å². The predicted molar refractivity (Wildman–Crippen MR) is 293 cm³/mol. The number of para-hydroxylation sites is 5. The van der Waals surface area contributed by atoms with Gasteiger partial charge in [-0.15, -0.1) is 12.1 Å². The molecule has 10 heteroatoms. The van der Waals surface area contributed by atoms with Gasteiger partial charge in [-0.05, 0) is 60.0 Å². The molecule has 0 saturated heterocycles. The Balaban J connectivity index is 0.000000182. The standard InChI is InChI=1S/C37H31N2O.C26H29N6.Ir/c1-24-19-21-28-27-15-9-12-18-33(27)40-35(28)34(24)36-38(5)31-16-10-11-17-32(31)39(36)30-22-20-26(37(2,3)4)23-29(30)25-13-7-6-8-14-25;1-25(2,3)22-28-23(26(4,5)6)30-24(29-22)32(20-15-11-8-12-16-20)21-17-31(18-27-21)19-13-9-7-10-14-19;/h6-23H,1,5H2,2-4H3;7-15,17-18H,1-6H3;/q2*-1;+3. The first-order chi connectivity index (χ1) is 34.5. The topological polar surface area (TPSA) is 81.7 Å². The van der Waals surface area contributed by atoms with Gasteiger partial charge in [0, 0.05) is 32.9 Å². The van der Waals surface area contributed by atoms with Crippen LogP contribution < -0.4 is 9.47 Å². The van der Waals surface area contributed by atoms with E-state index >= 15 is 0 Å². The van der Waals surface area contributed by atoms with Gasteiger partial charge in [-0.25, -0.2) is 9.97 Å². The number of benzene rings is 7. The molecule has 0 radical (unpaired) electrons. The molecule has 366 valence electrons. The number of furan rings is 1. The Morgan fingerprint density at radius 3 is 1.96 bits per heavy atom. The van der Waals surface area contributed by atoms with Crippen molar-refractivity contribution in [3.8, 4) is 33.9 Å². The third-order valence-corrected chi connectivity index (χ3v) is 12.9. The first-order valence-corrected chi connectivity index (χ1v) is 24.4. The van der Waals surface area contributed by atoms with E-state index in [1.165, 1.54) is 11.1 Å². The Hall–Kier alpha value is -7.78. The van der Waals surface area contributed by atoms with Crippen LogP contribution in [0.2, 0.25) is 0 Å². The van der Waals surface area contributed by atoms with Gasteiger partial charge in [0.1, 0.15) is 40.6 Å². The zero-order valence-corrected chi connectivity index (χ0v) is 45.4. The van der Waals surface area contributed by atoms with Crippen LogP contribution in [0, 0.1) is 20.0 Å². The first kappa shape index (κ1) is 50.2. The Labute approximate surface area is 442 Å². The minimum absolute atomic E-state index is 0. The van der Waals surface area contributed by atoms with Gasteiger partial charge in [-0.2, -0.15) is 52.8 Å². The van der Waals surface area contributed by atoms with Gasteiger partial charge in [0.15, 0.2) is 5.82 Å².